The second-order valence-corrected chi connectivity index (χ2v) is 6.58. The molecular formula is C18H22N2O4. The van der Waals surface area contributed by atoms with E-state index in [-0.39, 0.29) is 18.2 Å². The van der Waals surface area contributed by atoms with E-state index in [0.29, 0.717) is 19.5 Å². The number of aromatic amines is 1. The number of aliphatic carboxylic acids is 1. The molecule has 1 aliphatic heterocycles. The summed E-state index contributed by atoms with van der Waals surface area (Å²) in [6.45, 7) is 2.91. The molecule has 1 amide bonds. The molecule has 1 aromatic heterocycles. The Kier molecular flexibility index (Phi) is 4.46. The van der Waals surface area contributed by atoms with Crippen LogP contribution in [-0.2, 0) is 16.0 Å². The van der Waals surface area contributed by atoms with Crippen LogP contribution in [0.3, 0.4) is 0 Å². The number of ether oxygens (including phenoxy) is 1. The van der Waals surface area contributed by atoms with Crippen molar-refractivity contribution in [1.29, 1.82) is 0 Å². The first kappa shape index (κ1) is 16.4. The van der Waals surface area contributed by atoms with E-state index in [1.54, 1.807) is 12.0 Å². The van der Waals surface area contributed by atoms with E-state index >= 15 is 0 Å². The fourth-order valence-corrected chi connectivity index (χ4v) is 3.44. The van der Waals surface area contributed by atoms with Crippen molar-refractivity contribution in [3.05, 3.63) is 30.0 Å². The van der Waals surface area contributed by atoms with Crippen LogP contribution in [0.25, 0.3) is 10.9 Å². The van der Waals surface area contributed by atoms with Crippen molar-refractivity contribution in [2.45, 2.75) is 19.8 Å². The number of aromatic nitrogens is 1. The number of nitrogens with zero attached hydrogens (tertiary/aromatic N) is 1. The Labute approximate surface area is 140 Å². The smallest absolute Gasteiger partial charge is 0.308 e. The van der Waals surface area contributed by atoms with Gasteiger partial charge in [0.05, 0.1) is 19.4 Å². The molecule has 0 bridgehead atoms. The van der Waals surface area contributed by atoms with Gasteiger partial charge in [0.25, 0.3) is 0 Å². The molecule has 24 heavy (non-hydrogen) atoms. The Balaban J connectivity index is 1.78. The van der Waals surface area contributed by atoms with Crippen LogP contribution in [0.1, 0.15) is 18.9 Å². The predicted molar refractivity (Wildman–Crippen MR) is 90.0 cm³/mol. The Hall–Kier alpha value is -2.50. The lowest BCUT2D eigenvalue weighted by Crippen LogP contribution is -2.46. The fraction of sp³-hybridized carbons (Fsp3) is 0.444. The molecule has 0 spiro atoms. The third-order valence-electron chi connectivity index (χ3n) is 4.68. The van der Waals surface area contributed by atoms with Crippen LogP contribution in [0.4, 0.5) is 0 Å². The van der Waals surface area contributed by atoms with E-state index in [4.69, 9.17) is 4.74 Å². The lowest BCUT2D eigenvalue weighted by atomic mass is 9.90. The molecule has 2 heterocycles. The second-order valence-electron chi connectivity index (χ2n) is 6.58. The highest BCUT2D eigenvalue weighted by atomic mass is 16.5. The van der Waals surface area contributed by atoms with Crippen LogP contribution in [0.5, 0.6) is 5.75 Å². The summed E-state index contributed by atoms with van der Waals surface area (Å²) in [5, 5.41) is 10.2. The summed E-state index contributed by atoms with van der Waals surface area (Å²) in [6, 6.07) is 5.70. The number of H-pyrrole nitrogens is 1. The summed E-state index contributed by atoms with van der Waals surface area (Å²) >= 11 is 0. The van der Waals surface area contributed by atoms with Crippen molar-refractivity contribution in [2.75, 3.05) is 20.2 Å². The van der Waals surface area contributed by atoms with Gasteiger partial charge >= 0.3 is 5.97 Å². The molecule has 0 aliphatic carbocycles. The zero-order valence-electron chi connectivity index (χ0n) is 13.9. The molecule has 128 valence electrons. The van der Waals surface area contributed by atoms with E-state index < -0.39 is 11.9 Å². The van der Waals surface area contributed by atoms with Crippen molar-refractivity contribution in [3.63, 3.8) is 0 Å². The molecule has 0 saturated carbocycles. The number of benzene rings is 1. The lowest BCUT2D eigenvalue weighted by molar-refractivity contribution is -0.146. The number of carbonyl (C=O) groups excluding carboxylic acids is 1. The fourth-order valence-electron chi connectivity index (χ4n) is 3.44. The first-order valence-electron chi connectivity index (χ1n) is 8.12. The number of amides is 1. The maximum Gasteiger partial charge on any atom is 0.308 e. The number of carbonyl (C=O) groups is 2. The number of methoxy groups -OCH3 is 1. The van der Waals surface area contributed by atoms with Gasteiger partial charge in [-0.2, -0.15) is 0 Å². The van der Waals surface area contributed by atoms with E-state index in [2.05, 4.69) is 4.98 Å². The van der Waals surface area contributed by atoms with Gasteiger partial charge in [0.1, 0.15) is 5.75 Å². The molecule has 2 N–H and O–H groups in total. The molecule has 1 aromatic carbocycles. The van der Waals surface area contributed by atoms with Crippen molar-refractivity contribution in [2.24, 2.45) is 11.8 Å². The monoisotopic (exact) mass is 330 g/mol. The molecule has 6 nitrogen and oxygen atoms in total. The minimum atomic E-state index is -0.823. The third kappa shape index (κ3) is 3.22. The van der Waals surface area contributed by atoms with E-state index in [0.717, 1.165) is 22.2 Å². The number of likely N-dealkylation sites (tertiary alicyclic amines) is 1. The van der Waals surface area contributed by atoms with Gasteiger partial charge in [0, 0.05) is 30.2 Å². The largest absolute Gasteiger partial charge is 0.497 e. The van der Waals surface area contributed by atoms with Crippen LogP contribution in [0, 0.1) is 11.8 Å². The maximum atomic E-state index is 12.7. The molecular weight excluding hydrogens is 308 g/mol. The molecule has 6 heteroatoms. The quantitative estimate of drug-likeness (QED) is 0.901. The minimum Gasteiger partial charge on any atom is -0.497 e. The molecule has 1 saturated heterocycles. The number of hydrogen-bond donors (Lipinski definition) is 2. The topological polar surface area (TPSA) is 82.6 Å². The number of rotatable bonds is 4. The van der Waals surface area contributed by atoms with Crippen molar-refractivity contribution < 1.29 is 19.4 Å². The van der Waals surface area contributed by atoms with Gasteiger partial charge < -0.3 is 19.7 Å². The van der Waals surface area contributed by atoms with Crippen LogP contribution in [0.15, 0.2) is 24.4 Å². The third-order valence-corrected chi connectivity index (χ3v) is 4.68. The van der Waals surface area contributed by atoms with Crippen LogP contribution in [-0.4, -0.2) is 47.1 Å². The zero-order valence-corrected chi connectivity index (χ0v) is 13.9. The summed E-state index contributed by atoms with van der Waals surface area (Å²) in [6.07, 6.45) is 2.72. The van der Waals surface area contributed by atoms with Gasteiger partial charge in [0.15, 0.2) is 0 Å². The Morgan fingerprint density at radius 1 is 1.38 bits per heavy atom. The van der Waals surface area contributed by atoms with Gasteiger partial charge in [-0.1, -0.05) is 6.92 Å². The first-order valence-corrected chi connectivity index (χ1v) is 8.12. The number of hydrogen-bond acceptors (Lipinski definition) is 3. The van der Waals surface area contributed by atoms with Gasteiger partial charge in [-0.15, -0.1) is 0 Å². The van der Waals surface area contributed by atoms with E-state index in [1.807, 2.05) is 31.3 Å². The number of nitrogens with one attached hydrogen (secondary N) is 1. The van der Waals surface area contributed by atoms with Crippen molar-refractivity contribution >= 4 is 22.8 Å². The molecule has 1 fully saturated rings. The number of carboxylic acid groups (broad SMARTS) is 1. The Morgan fingerprint density at radius 2 is 2.17 bits per heavy atom. The average Bonchev–Trinajstić information content (AvgIpc) is 2.96. The van der Waals surface area contributed by atoms with Crippen LogP contribution < -0.4 is 4.74 Å². The molecule has 3 rings (SSSR count). The molecule has 0 radical (unpaired) electrons. The number of piperidine rings is 1. The molecule has 1 aliphatic rings. The average molecular weight is 330 g/mol. The Bertz CT molecular complexity index is 767. The first-order chi connectivity index (χ1) is 11.5. The van der Waals surface area contributed by atoms with Crippen LogP contribution in [0.2, 0.25) is 0 Å². The summed E-state index contributed by atoms with van der Waals surface area (Å²) in [4.78, 5) is 28.8. The highest BCUT2D eigenvalue weighted by Gasteiger charge is 2.31. The van der Waals surface area contributed by atoms with Crippen molar-refractivity contribution in [1.82, 2.24) is 9.88 Å². The van der Waals surface area contributed by atoms with Crippen LogP contribution >= 0.6 is 0 Å². The summed E-state index contributed by atoms with van der Waals surface area (Å²) in [5.74, 6) is -0.381. The van der Waals surface area contributed by atoms with E-state index in [9.17, 15) is 14.7 Å². The molecule has 2 unspecified atom stereocenters. The highest BCUT2D eigenvalue weighted by molar-refractivity contribution is 5.90. The second kappa shape index (κ2) is 6.55. The molecule has 2 aromatic rings. The summed E-state index contributed by atoms with van der Waals surface area (Å²) in [5.41, 5.74) is 1.85. The van der Waals surface area contributed by atoms with Gasteiger partial charge in [-0.25, -0.2) is 0 Å². The number of carboxylic acids is 1. The maximum absolute atomic E-state index is 12.7. The zero-order chi connectivity index (χ0) is 17.3. The SMILES string of the molecule is COc1ccc2[nH]cc(CC(=O)N3CC(C)CC(C(=O)O)C3)c2c1. The standard InChI is InChI=1S/C18H22N2O4/c1-11-5-13(18(22)23)10-20(9-11)17(21)6-12-8-19-16-4-3-14(24-2)7-15(12)16/h3-4,7-8,11,13,19H,5-6,9-10H2,1-2H3,(H,22,23). The predicted octanol–water partition coefficient (Wildman–Crippen LogP) is 2.29. The van der Waals surface area contributed by atoms with Gasteiger partial charge in [-0.3, -0.25) is 9.59 Å². The summed E-state index contributed by atoms with van der Waals surface area (Å²) in [7, 11) is 1.61. The Morgan fingerprint density at radius 3 is 2.88 bits per heavy atom. The van der Waals surface area contributed by atoms with Crippen molar-refractivity contribution in [3.8, 4) is 5.75 Å². The lowest BCUT2D eigenvalue weighted by Gasteiger charge is -2.34. The summed E-state index contributed by atoms with van der Waals surface area (Å²) < 4.78 is 5.25. The molecule has 2 atom stereocenters. The minimum absolute atomic E-state index is 0.0310. The normalized spacial score (nSPS) is 21.0. The number of fused-ring (bicyclic) bond motifs is 1. The van der Waals surface area contributed by atoms with Gasteiger partial charge in [0.2, 0.25) is 5.91 Å². The van der Waals surface area contributed by atoms with E-state index in [1.165, 1.54) is 0 Å². The highest BCUT2D eigenvalue weighted by Crippen LogP contribution is 2.26. The van der Waals surface area contributed by atoms with Gasteiger partial charge in [-0.05, 0) is 36.1 Å².